The molecule has 1 amide bonds. The lowest BCUT2D eigenvalue weighted by atomic mass is 10.1. The highest BCUT2D eigenvalue weighted by Gasteiger charge is 2.26. The Kier molecular flexibility index (Phi) is 5.50. The first kappa shape index (κ1) is 18.7. The number of hydrogen-bond acceptors (Lipinski definition) is 4. The summed E-state index contributed by atoms with van der Waals surface area (Å²) in [5.41, 5.74) is 6.42. The van der Waals surface area contributed by atoms with Crippen LogP contribution < -0.4 is 10.5 Å². The van der Waals surface area contributed by atoms with Crippen molar-refractivity contribution >= 4 is 33.2 Å². The minimum atomic E-state index is -3.79. The number of nitrogens with two attached hydrogens (primary N) is 1. The van der Waals surface area contributed by atoms with Crippen LogP contribution in [-0.4, -0.2) is 38.9 Å². The number of para-hydroxylation sites is 1. The maximum absolute atomic E-state index is 12.5. The molecule has 1 atom stereocenters. The van der Waals surface area contributed by atoms with Crippen molar-refractivity contribution in [2.75, 3.05) is 24.4 Å². The van der Waals surface area contributed by atoms with Crippen LogP contribution in [0.25, 0.3) is 0 Å². The van der Waals surface area contributed by atoms with Gasteiger partial charge >= 0.3 is 0 Å². The molecule has 26 heavy (non-hydrogen) atoms. The Labute approximate surface area is 158 Å². The van der Waals surface area contributed by atoms with E-state index in [1.54, 1.807) is 29.2 Å². The number of nitrogens with zero attached hydrogens (tertiary/aromatic N) is 1. The lowest BCUT2D eigenvalue weighted by Crippen LogP contribution is -2.29. The van der Waals surface area contributed by atoms with E-state index in [0.29, 0.717) is 41.8 Å². The highest BCUT2D eigenvalue weighted by molar-refractivity contribution is 7.92. The summed E-state index contributed by atoms with van der Waals surface area (Å²) in [6.45, 7) is 1.88. The predicted molar refractivity (Wildman–Crippen MR) is 102 cm³/mol. The Balaban J connectivity index is 1.74. The summed E-state index contributed by atoms with van der Waals surface area (Å²) < 4.78 is 27.4. The van der Waals surface area contributed by atoms with Gasteiger partial charge in [-0.15, -0.1) is 0 Å². The third-order valence-electron chi connectivity index (χ3n) is 4.44. The van der Waals surface area contributed by atoms with Gasteiger partial charge in [0.05, 0.1) is 15.6 Å². The van der Waals surface area contributed by atoms with Crippen molar-refractivity contribution < 1.29 is 13.2 Å². The molecule has 1 fully saturated rings. The molecule has 3 N–H and O–H groups in total. The Hall–Kier alpha value is -2.09. The SMILES string of the molecule is NCC1CCN(C(=O)c2ccc(S(=O)(=O)Nc3ccccc3Cl)cc2)C1. The van der Waals surface area contributed by atoms with Crippen LogP contribution in [0.4, 0.5) is 5.69 Å². The lowest BCUT2D eigenvalue weighted by Gasteiger charge is -2.16. The molecule has 0 aromatic heterocycles. The first-order valence-electron chi connectivity index (χ1n) is 8.27. The minimum Gasteiger partial charge on any atom is -0.338 e. The molecule has 2 aromatic rings. The van der Waals surface area contributed by atoms with Gasteiger partial charge in [0.1, 0.15) is 0 Å². The van der Waals surface area contributed by atoms with Crippen molar-refractivity contribution in [3.8, 4) is 0 Å². The fourth-order valence-electron chi connectivity index (χ4n) is 2.92. The van der Waals surface area contributed by atoms with Crippen LogP contribution in [0.3, 0.4) is 0 Å². The van der Waals surface area contributed by atoms with Gasteiger partial charge in [0, 0.05) is 18.7 Å². The van der Waals surface area contributed by atoms with Gasteiger partial charge in [-0.3, -0.25) is 9.52 Å². The lowest BCUT2D eigenvalue weighted by molar-refractivity contribution is 0.0787. The van der Waals surface area contributed by atoms with Gasteiger partial charge in [0.15, 0.2) is 0 Å². The molecule has 1 saturated heterocycles. The number of sulfonamides is 1. The highest BCUT2D eigenvalue weighted by atomic mass is 35.5. The second-order valence-electron chi connectivity index (χ2n) is 6.25. The van der Waals surface area contributed by atoms with E-state index >= 15 is 0 Å². The van der Waals surface area contributed by atoms with E-state index in [9.17, 15) is 13.2 Å². The molecule has 138 valence electrons. The number of halogens is 1. The van der Waals surface area contributed by atoms with E-state index in [1.165, 1.54) is 24.3 Å². The van der Waals surface area contributed by atoms with Gasteiger partial charge in [-0.2, -0.15) is 0 Å². The maximum atomic E-state index is 12.5. The molecule has 8 heteroatoms. The molecule has 0 saturated carbocycles. The standard InChI is InChI=1S/C18H20ClN3O3S/c19-16-3-1-2-4-17(16)21-26(24,25)15-7-5-14(6-8-15)18(23)22-10-9-13(11-20)12-22/h1-8,13,21H,9-12,20H2. The van der Waals surface area contributed by atoms with Gasteiger partial charge in [-0.1, -0.05) is 23.7 Å². The Morgan fingerprint density at radius 3 is 2.50 bits per heavy atom. The van der Waals surface area contributed by atoms with Crippen LogP contribution in [0.1, 0.15) is 16.8 Å². The van der Waals surface area contributed by atoms with Crippen LogP contribution in [0.5, 0.6) is 0 Å². The molecule has 3 rings (SSSR count). The Bertz CT molecular complexity index is 900. The molecular weight excluding hydrogens is 374 g/mol. The van der Waals surface area contributed by atoms with Crippen LogP contribution in [0, 0.1) is 5.92 Å². The average molecular weight is 394 g/mol. The number of likely N-dealkylation sites (tertiary alicyclic amines) is 1. The predicted octanol–water partition coefficient (Wildman–Crippen LogP) is 2.56. The molecule has 0 bridgehead atoms. The zero-order chi connectivity index (χ0) is 18.7. The van der Waals surface area contributed by atoms with Crippen molar-refractivity contribution in [3.05, 3.63) is 59.1 Å². The van der Waals surface area contributed by atoms with Crippen LogP contribution in [0.2, 0.25) is 5.02 Å². The van der Waals surface area contributed by atoms with Crippen molar-refractivity contribution in [3.63, 3.8) is 0 Å². The van der Waals surface area contributed by atoms with Gasteiger partial charge in [0.25, 0.3) is 15.9 Å². The van der Waals surface area contributed by atoms with E-state index in [2.05, 4.69) is 4.72 Å². The van der Waals surface area contributed by atoms with Crippen LogP contribution >= 0.6 is 11.6 Å². The molecule has 2 aromatic carbocycles. The zero-order valence-electron chi connectivity index (χ0n) is 14.1. The fraction of sp³-hybridized carbons (Fsp3) is 0.278. The normalized spacial score (nSPS) is 17.3. The van der Waals surface area contributed by atoms with Crippen molar-refractivity contribution in [2.24, 2.45) is 11.7 Å². The quantitative estimate of drug-likeness (QED) is 0.816. The summed E-state index contributed by atoms with van der Waals surface area (Å²) >= 11 is 5.99. The number of rotatable bonds is 5. The Morgan fingerprint density at radius 1 is 1.19 bits per heavy atom. The number of anilines is 1. The summed E-state index contributed by atoms with van der Waals surface area (Å²) in [6, 6.07) is 12.5. The highest BCUT2D eigenvalue weighted by Crippen LogP contribution is 2.24. The van der Waals surface area contributed by atoms with Gasteiger partial charge < -0.3 is 10.6 Å². The second kappa shape index (κ2) is 7.65. The maximum Gasteiger partial charge on any atom is 0.261 e. The molecule has 1 aliphatic heterocycles. The first-order valence-corrected chi connectivity index (χ1v) is 10.1. The topological polar surface area (TPSA) is 92.5 Å². The van der Waals surface area contributed by atoms with Gasteiger partial charge in [0.2, 0.25) is 0 Å². The molecular formula is C18H20ClN3O3S. The van der Waals surface area contributed by atoms with Crippen LogP contribution in [0.15, 0.2) is 53.4 Å². The summed E-state index contributed by atoms with van der Waals surface area (Å²) in [4.78, 5) is 14.3. The molecule has 0 spiro atoms. The number of carbonyl (C=O) groups excluding carboxylic acids is 1. The average Bonchev–Trinajstić information content (AvgIpc) is 3.12. The molecule has 1 heterocycles. The van der Waals surface area contributed by atoms with Crippen molar-refractivity contribution in [1.29, 1.82) is 0 Å². The van der Waals surface area contributed by atoms with E-state index in [1.807, 2.05) is 0 Å². The number of benzene rings is 2. The minimum absolute atomic E-state index is 0.0650. The number of amides is 1. The zero-order valence-corrected chi connectivity index (χ0v) is 15.6. The van der Waals surface area contributed by atoms with E-state index in [4.69, 9.17) is 17.3 Å². The molecule has 6 nitrogen and oxygen atoms in total. The van der Waals surface area contributed by atoms with E-state index in [0.717, 1.165) is 6.42 Å². The smallest absolute Gasteiger partial charge is 0.261 e. The summed E-state index contributed by atoms with van der Waals surface area (Å²) in [7, 11) is -3.79. The summed E-state index contributed by atoms with van der Waals surface area (Å²) in [6.07, 6.45) is 0.899. The van der Waals surface area contributed by atoms with Gasteiger partial charge in [-0.25, -0.2) is 8.42 Å². The van der Waals surface area contributed by atoms with Crippen molar-refractivity contribution in [2.45, 2.75) is 11.3 Å². The number of nitrogens with one attached hydrogen (secondary N) is 1. The van der Waals surface area contributed by atoms with E-state index < -0.39 is 10.0 Å². The van der Waals surface area contributed by atoms with Gasteiger partial charge in [-0.05, 0) is 55.3 Å². The largest absolute Gasteiger partial charge is 0.338 e. The monoisotopic (exact) mass is 393 g/mol. The third-order valence-corrected chi connectivity index (χ3v) is 6.15. The second-order valence-corrected chi connectivity index (χ2v) is 8.34. The molecule has 1 unspecified atom stereocenters. The third kappa shape index (κ3) is 4.00. The Morgan fingerprint density at radius 2 is 1.88 bits per heavy atom. The summed E-state index contributed by atoms with van der Waals surface area (Å²) in [5.74, 6) is 0.224. The number of hydrogen-bond donors (Lipinski definition) is 2. The fourth-order valence-corrected chi connectivity index (χ4v) is 4.24. The summed E-state index contributed by atoms with van der Waals surface area (Å²) in [5, 5.41) is 0.311. The number of carbonyl (C=O) groups is 1. The molecule has 0 radical (unpaired) electrons. The molecule has 0 aliphatic carbocycles. The molecule has 1 aliphatic rings. The van der Waals surface area contributed by atoms with Crippen LogP contribution in [-0.2, 0) is 10.0 Å². The first-order chi connectivity index (χ1) is 12.4. The van der Waals surface area contributed by atoms with E-state index in [-0.39, 0.29) is 10.8 Å². The van der Waals surface area contributed by atoms with Crippen molar-refractivity contribution in [1.82, 2.24) is 4.90 Å².